The standard InChI is InChI=1S/C58H36N2S/c1-3-13-37(14-4-1)39-15-11-16-40(33-39)41-28-32-53-49(34-41)45-19-7-9-22-51(45)59(53)44-29-25-38(26-30-44)42-27-31-46-50-36-54-57(48-21-12-24-55(58(48)50)61-56(46)35-42)47-20-8-10-23-52(47)60(54)43-17-5-2-6-18-43/h1-36H. The molecule has 0 fully saturated rings. The summed E-state index contributed by atoms with van der Waals surface area (Å²) in [6.07, 6.45) is 0. The molecule has 0 saturated carbocycles. The fourth-order valence-corrected chi connectivity index (χ4v) is 11.1. The first-order chi connectivity index (χ1) is 30.2. The van der Waals surface area contributed by atoms with Crippen molar-refractivity contribution >= 4 is 66.1 Å². The molecule has 3 heterocycles. The third-order valence-electron chi connectivity index (χ3n) is 12.7. The second-order valence-electron chi connectivity index (χ2n) is 16.1. The average molecular weight is 793 g/mol. The van der Waals surface area contributed by atoms with Crippen LogP contribution in [-0.2, 0) is 0 Å². The lowest BCUT2D eigenvalue weighted by Crippen LogP contribution is -1.97. The molecule has 0 N–H and O–H groups in total. The number of aromatic nitrogens is 2. The summed E-state index contributed by atoms with van der Waals surface area (Å²) in [4.78, 5) is 2.60. The maximum Gasteiger partial charge on any atom is 0.0553 e. The van der Waals surface area contributed by atoms with Gasteiger partial charge in [-0.15, -0.1) is 0 Å². The van der Waals surface area contributed by atoms with E-state index in [1.165, 1.54) is 114 Å². The number of hydrogen-bond donors (Lipinski definition) is 0. The summed E-state index contributed by atoms with van der Waals surface area (Å²) in [6.45, 7) is 0. The van der Waals surface area contributed by atoms with Crippen LogP contribution in [0.15, 0.2) is 228 Å². The topological polar surface area (TPSA) is 9.86 Å². The molecule has 284 valence electrons. The van der Waals surface area contributed by atoms with Gasteiger partial charge >= 0.3 is 0 Å². The Labute approximate surface area is 357 Å². The maximum absolute atomic E-state index is 2.44. The molecule has 0 bridgehead atoms. The molecule has 2 aromatic heterocycles. The lowest BCUT2D eigenvalue weighted by atomic mass is 9.93. The van der Waals surface area contributed by atoms with Gasteiger partial charge in [-0.1, -0.05) is 157 Å². The van der Waals surface area contributed by atoms with Crippen LogP contribution in [0.2, 0.25) is 0 Å². The Bertz CT molecular complexity index is 3710. The zero-order valence-corrected chi connectivity index (χ0v) is 33.9. The van der Waals surface area contributed by atoms with E-state index >= 15 is 0 Å². The second-order valence-corrected chi connectivity index (χ2v) is 17.2. The van der Waals surface area contributed by atoms with Crippen molar-refractivity contribution in [3.63, 3.8) is 0 Å². The fraction of sp³-hybridized carbons (Fsp3) is 0. The van der Waals surface area contributed by atoms with Crippen molar-refractivity contribution in [1.29, 1.82) is 0 Å². The third kappa shape index (κ3) is 5.31. The molecule has 0 unspecified atom stereocenters. The molecule has 2 nitrogen and oxygen atoms in total. The summed E-state index contributed by atoms with van der Waals surface area (Å²) >= 11 is 1.89. The summed E-state index contributed by atoms with van der Waals surface area (Å²) in [7, 11) is 0. The third-order valence-corrected chi connectivity index (χ3v) is 13.8. The molecular weight excluding hydrogens is 757 g/mol. The van der Waals surface area contributed by atoms with Crippen LogP contribution in [0.3, 0.4) is 0 Å². The molecule has 12 aromatic rings. The van der Waals surface area contributed by atoms with Gasteiger partial charge in [0.05, 0.1) is 22.1 Å². The fourth-order valence-electron chi connectivity index (χ4n) is 9.93. The first-order valence-corrected chi connectivity index (χ1v) is 21.7. The quantitative estimate of drug-likeness (QED) is 0.169. The molecule has 0 radical (unpaired) electrons. The largest absolute Gasteiger partial charge is 0.309 e. The number of hydrogen-bond acceptors (Lipinski definition) is 1. The van der Waals surface area contributed by atoms with Crippen LogP contribution in [0.1, 0.15) is 0 Å². The summed E-state index contributed by atoms with van der Waals surface area (Å²) in [6, 6.07) is 80.3. The Morgan fingerprint density at radius 2 is 0.803 bits per heavy atom. The van der Waals surface area contributed by atoms with Crippen molar-refractivity contribution in [2.45, 2.75) is 9.79 Å². The van der Waals surface area contributed by atoms with E-state index in [0.29, 0.717) is 0 Å². The minimum absolute atomic E-state index is 1.15. The molecule has 1 aliphatic heterocycles. The molecule has 0 amide bonds. The Hall–Kier alpha value is -7.59. The van der Waals surface area contributed by atoms with E-state index in [1.54, 1.807) is 0 Å². The summed E-state index contributed by atoms with van der Waals surface area (Å²) in [5.41, 5.74) is 17.1. The molecule has 1 aliphatic rings. The highest BCUT2D eigenvalue weighted by molar-refractivity contribution is 7.99. The van der Waals surface area contributed by atoms with Crippen LogP contribution in [0.5, 0.6) is 0 Å². The van der Waals surface area contributed by atoms with Crippen molar-refractivity contribution in [2.75, 3.05) is 0 Å². The molecule has 3 heteroatoms. The number of benzene rings is 10. The van der Waals surface area contributed by atoms with Gasteiger partial charge in [-0.3, -0.25) is 0 Å². The van der Waals surface area contributed by atoms with Crippen molar-refractivity contribution in [3.05, 3.63) is 218 Å². The van der Waals surface area contributed by atoms with Gasteiger partial charge < -0.3 is 9.13 Å². The van der Waals surface area contributed by atoms with Gasteiger partial charge in [-0.05, 0) is 123 Å². The van der Waals surface area contributed by atoms with Crippen LogP contribution in [0.4, 0.5) is 0 Å². The number of para-hydroxylation sites is 3. The lowest BCUT2D eigenvalue weighted by Gasteiger charge is -2.22. The van der Waals surface area contributed by atoms with Gasteiger partial charge in [0.15, 0.2) is 0 Å². The summed E-state index contributed by atoms with van der Waals surface area (Å²) < 4.78 is 4.85. The maximum atomic E-state index is 2.44. The zero-order valence-electron chi connectivity index (χ0n) is 33.1. The van der Waals surface area contributed by atoms with Crippen LogP contribution in [0.25, 0.3) is 110 Å². The Morgan fingerprint density at radius 1 is 0.262 bits per heavy atom. The van der Waals surface area contributed by atoms with Crippen LogP contribution in [-0.4, -0.2) is 9.13 Å². The zero-order chi connectivity index (χ0) is 40.0. The highest BCUT2D eigenvalue weighted by Gasteiger charge is 2.24. The van der Waals surface area contributed by atoms with Crippen LogP contribution < -0.4 is 0 Å². The predicted octanol–water partition coefficient (Wildman–Crippen LogP) is 16.2. The van der Waals surface area contributed by atoms with E-state index in [9.17, 15) is 0 Å². The lowest BCUT2D eigenvalue weighted by molar-refractivity contribution is 1.18. The van der Waals surface area contributed by atoms with Crippen molar-refractivity contribution in [3.8, 4) is 55.9 Å². The number of nitrogens with zero attached hydrogens (tertiary/aromatic N) is 2. The average Bonchev–Trinajstić information content (AvgIpc) is 3.85. The summed E-state index contributed by atoms with van der Waals surface area (Å²) in [5, 5.41) is 7.77. The molecule has 0 atom stereocenters. The smallest absolute Gasteiger partial charge is 0.0553 e. The highest BCUT2D eigenvalue weighted by Crippen LogP contribution is 2.52. The van der Waals surface area contributed by atoms with Gasteiger partial charge in [0.1, 0.15) is 0 Å². The predicted molar refractivity (Wildman–Crippen MR) is 258 cm³/mol. The van der Waals surface area contributed by atoms with Gasteiger partial charge in [-0.25, -0.2) is 0 Å². The van der Waals surface area contributed by atoms with E-state index in [0.717, 1.165) is 5.69 Å². The van der Waals surface area contributed by atoms with E-state index < -0.39 is 0 Å². The summed E-state index contributed by atoms with van der Waals surface area (Å²) in [5.74, 6) is 0. The molecule has 13 rings (SSSR count). The molecule has 0 aliphatic carbocycles. The minimum atomic E-state index is 1.15. The number of rotatable bonds is 5. The van der Waals surface area contributed by atoms with E-state index in [1.807, 2.05) is 11.8 Å². The van der Waals surface area contributed by atoms with Gasteiger partial charge in [0.2, 0.25) is 0 Å². The van der Waals surface area contributed by atoms with Crippen molar-refractivity contribution in [1.82, 2.24) is 9.13 Å². The molecule has 0 spiro atoms. The molecule has 61 heavy (non-hydrogen) atoms. The first kappa shape index (κ1) is 34.3. The minimum Gasteiger partial charge on any atom is -0.309 e. The molecule has 10 aromatic carbocycles. The van der Waals surface area contributed by atoms with E-state index in [4.69, 9.17) is 0 Å². The Morgan fingerprint density at radius 3 is 1.62 bits per heavy atom. The molecule has 0 saturated heterocycles. The SMILES string of the molecule is c1ccc(-c2cccc(-c3ccc4c(c3)c3ccccc3n4-c3ccc(-c4ccc5c(c4)Sc4cccc6c4c-5cc4c6c5ccccc5n4-c4ccccc4)cc3)c2)cc1. The van der Waals surface area contributed by atoms with Gasteiger partial charge in [-0.2, -0.15) is 0 Å². The monoisotopic (exact) mass is 792 g/mol. The normalized spacial score (nSPS) is 12.2. The van der Waals surface area contributed by atoms with E-state index in [-0.39, 0.29) is 0 Å². The van der Waals surface area contributed by atoms with Gasteiger partial charge in [0.25, 0.3) is 0 Å². The highest BCUT2D eigenvalue weighted by atomic mass is 32.2. The van der Waals surface area contributed by atoms with Crippen LogP contribution >= 0.6 is 11.8 Å². The van der Waals surface area contributed by atoms with Crippen molar-refractivity contribution < 1.29 is 0 Å². The second kappa shape index (κ2) is 13.5. The Balaban J connectivity index is 0.893. The number of fused-ring (bicyclic) bond motifs is 9. The molecular formula is C58H36N2S. The van der Waals surface area contributed by atoms with E-state index in [2.05, 4.69) is 228 Å². The van der Waals surface area contributed by atoms with Gasteiger partial charge in [0, 0.05) is 48.1 Å². The first-order valence-electron chi connectivity index (χ1n) is 20.9. The van der Waals surface area contributed by atoms with Crippen LogP contribution in [0, 0.1) is 0 Å². The Kier molecular flexibility index (Phi) is 7.57. The van der Waals surface area contributed by atoms with Crippen molar-refractivity contribution in [2.24, 2.45) is 0 Å².